The lowest BCUT2D eigenvalue weighted by atomic mass is 10.0. The predicted octanol–water partition coefficient (Wildman–Crippen LogP) is 3.69. The minimum atomic E-state index is -0.520. The molecule has 0 N–H and O–H groups in total. The van der Waals surface area contributed by atoms with E-state index in [9.17, 15) is 4.79 Å². The van der Waals surface area contributed by atoms with Crippen LogP contribution in [0.2, 0.25) is 10.0 Å². The summed E-state index contributed by atoms with van der Waals surface area (Å²) >= 11 is 12.1. The summed E-state index contributed by atoms with van der Waals surface area (Å²) in [5.41, 5.74) is 1.58. The third kappa shape index (κ3) is 2.07. The van der Waals surface area contributed by atoms with E-state index in [0.29, 0.717) is 23.1 Å². The number of halogens is 2. The summed E-state index contributed by atoms with van der Waals surface area (Å²) in [7, 11) is 0. The number of fused-ring (bicyclic) bond motifs is 1. The van der Waals surface area contributed by atoms with Crippen molar-refractivity contribution < 1.29 is 9.53 Å². The van der Waals surface area contributed by atoms with Crippen LogP contribution in [0, 0.1) is 12.5 Å². The minimum absolute atomic E-state index is 0.310. The number of carbonyl (C=O) groups excluding carboxylic acids is 1. The summed E-state index contributed by atoms with van der Waals surface area (Å²) in [5.74, 6) is -0.824. The molecule has 0 spiro atoms. The Balaban J connectivity index is 2.40. The zero-order chi connectivity index (χ0) is 13.3. The first-order valence-electron chi connectivity index (χ1n) is 5.60. The fraction of sp³-hybridized carbons (Fsp3) is 0.385. The molecule has 1 aliphatic carbocycles. The lowest BCUT2D eigenvalue weighted by molar-refractivity contribution is -0.148. The quantitative estimate of drug-likeness (QED) is 0.612. The molecule has 94 valence electrons. The maximum atomic E-state index is 11.8. The van der Waals surface area contributed by atoms with Crippen LogP contribution in [0.5, 0.6) is 0 Å². The first-order chi connectivity index (χ1) is 8.60. The van der Waals surface area contributed by atoms with Gasteiger partial charge in [-0.3, -0.25) is 4.79 Å². The van der Waals surface area contributed by atoms with Crippen LogP contribution in [-0.2, 0) is 16.0 Å². The van der Waals surface area contributed by atoms with E-state index >= 15 is 0 Å². The van der Waals surface area contributed by atoms with Crippen LogP contribution in [0.25, 0.3) is 4.85 Å². The van der Waals surface area contributed by atoms with Crippen LogP contribution >= 0.6 is 23.2 Å². The van der Waals surface area contributed by atoms with E-state index in [-0.39, 0.29) is 5.97 Å². The Hall–Kier alpha value is -1.24. The lowest BCUT2D eigenvalue weighted by Crippen LogP contribution is -2.20. The van der Waals surface area contributed by atoms with Gasteiger partial charge in [-0.25, -0.2) is 6.57 Å². The molecule has 3 nitrogen and oxygen atoms in total. The number of ether oxygens (including phenoxy) is 1. The molecule has 2 atom stereocenters. The van der Waals surface area contributed by atoms with E-state index in [0.717, 1.165) is 11.1 Å². The smallest absolute Gasteiger partial charge is 0.317 e. The molecule has 2 rings (SSSR count). The second kappa shape index (κ2) is 5.17. The molecule has 0 saturated carbocycles. The van der Waals surface area contributed by atoms with Crippen LogP contribution in [-0.4, -0.2) is 12.6 Å². The molecule has 5 heteroatoms. The van der Waals surface area contributed by atoms with Crippen molar-refractivity contribution in [3.05, 3.63) is 44.7 Å². The van der Waals surface area contributed by atoms with Crippen molar-refractivity contribution in [1.29, 1.82) is 0 Å². The number of rotatable bonds is 2. The normalized spacial score (nSPS) is 21.2. The third-order valence-corrected chi connectivity index (χ3v) is 3.93. The number of hydrogen-bond donors (Lipinski definition) is 0. The van der Waals surface area contributed by atoms with Crippen molar-refractivity contribution in [3.8, 4) is 0 Å². The summed E-state index contributed by atoms with van der Waals surface area (Å²) in [6.45, 7) is 9.31. The van der Waals surface area contributed by atoms with Gasteiger partial charge in [0.15, 0.2) is 0 Å². The molecule has 0 amide bonds. The SMILES string of the molecule is [C-]#[N+]C1c2ccc(Cl)c(Cl)c2CC1C(=O)OCC. The van der Waals surface area contributed by atoms with Gasteiger partial charge in [-0.2, -0.15) is 0 Å². The molecule has 0 fully saturated rings. The van der Waals surface area contributed by atoms with Gasteiger partial charge in [-0.1, -0.05) is 23.2 Å². The first-order valence-corrected chi connectivity index (χ1v) is 6.35. The fourth-order valence-corrected chi connectivity index (χ4v) is 2.69. The van der Waals surface area contributed by atoms with E-state index in [2.05, 4.69) is 4.85 Å². The maximum Gasteiger partial charge on any atom is 0.317 e. The second-order valence-electron chi connectivity index (χ2n) is 4.07. The topological polar surface area (TPSA) is 30.7 Å². The maximum absolute atomic E-state index is 11.8. The third-order valence-electron chi connectivity index (χ3n) is 3.08. The van der Waals surface area contributed by atoms with Gasteiger partial charge >= 0.3 is 5.97 Å². The summed E-state index contributed by atoms with van der Waals surface area (Å²) < 4.78 is 5.00. The van der Waals surface area contributed by atoms with E-state index in [1.165, 1.54) is 0 Å². The highest BCUT2D eigenvalue weighted by molar-refractivity contribution is 6.42. The molecule has 0 bridgehead atoms. The Kier molecular flexibility index (Phi) is 3.79. The minimum Gasteiger partial charge on any atom is -0.466 e. The number of benzene rings is 1. The average molecular weight is 284 g/mol. The summed E-state index contributed by atoms with van der Waals surface area (Å²) in [6.07, 6.45) is 0.417. The van der Waals surface area contributed by atoms with Crippen LogP contribution < -0.4 is 0 Å². The monoisotopic (exact) mass is 283 g/mol. The van der Waals surface area contributed by atoms with Gasteiger partial charge in [0.05, 0.1) is 16.7 Å². The number of nitrogens with zero attached hydrogens (tertiary/aromatic N) is 1. The molecule has 0 aromatic heterocycles. The van der Waals surface area contributed by atoms with Gasteiger partial charge < -0.3 is 9.58 Å². The Labute approximate surface area is 115 Å². The van der Waals surface area contributed by atoms with Crippen molar-refractivity contribution >= 4 is 29.2 Å². The highest BCUT2D eigenvalue weighted by Crippen LogP contribution is 2.44. The molecular weight excluding hydrogens is 273 g/mol. The van der Waals surface area contributed by atoms with Crippen molar-refractivity contribution in [2.45, 2.75) is 19.4 Å². The zero-order valence-corrected chi connectivity index (χ0v) is 11.3. The van der Waals surface area contributed by atoms with Gasteiger partial charge in [0.25, 0.3) is 6.04 Å². The van der Waals surface area contributed by atoms with Crippen molar-refractivity contribution in [2.75, 3.05) is 6.61 Å². The number of hydrogen-bond acceptors (Lipinski definition) is 2. The molecule has 1 aliphatic rings. The molecule has 1 aromatic carbocycles. The molecule has 0 aliphatic heterocycles. The van der Waals surface area contributed by atoms with Crippen LogP contribution in [0.15, 0.2) is 12.1 Å². The molecule has 0 saturated heterocycles. The highest BCUT2D eigenvalue weighted by Gasteiger charge is 2.44. The second-order valence-corrected chi connectivity index (χ2v) is 4.85. The van der Waals surface area contributed by atoms with Crippen LogP contribution in [0.4, 0.5) is 0 Å². The molecular formula is C13H11Cl2NO2. The Morgan fingerprint density at radius 3 is 2.89 bits per heavy atom. The molecule has 1 aromatic rings. The lowest BCUT2D eigenvalue weighted by Gasteiger charge is -2.08. The fourth-order valence-electron chi connectivity index (χ4n) is 2.26. The van der Waals surface area contributed by atoms with E-state index in [1.54, 1.807) is 19.1 Å². The van der Waals surface area contributed by atoms with Gasteiger partial charge in [-0.15, -0.1) is 0 Å². The van der Waals surface area contributed by atoms with Gasteiger partial charge in [0.1, 0.15) is 5.92 Å². The summed E-state index contributed by atoms with van der Waals surface area (Å²) in [4.78, 5) is 15.4. The van der Waals surface area contributed by atoms with E-state index < -0.39 is 12.0 Å². The first kappa shape index (κ1) is 13.2. The van der Waals surface area contributed by atoms with Crippen molar-refractivity contribution in [3.63, 3.8) is 0 Å². The van der Waals surface area contributed by atoms with Crippen LogP contribution in [0.3, 0.4) is 0 Å². The highest BCUT2D eigenvalue weighted by atomic mass is 35.5. The van der Waals surface area contributed by atoms with Crippen molar-refractivity contribution in [2.24, 2.45) is 5.92 Å². The molecule has 0 radical (unpaired) electrons. The Bertz CT molecular complexity index is 537. The number of carbonyl (C=O) groups is 1. The Morgan fingerprint density at radius 2 is 2.28 bits per heavy atom. The van der Waals surface area contributed by atoms with Crippen LogP contribution in [0.1, 0.15) is 24.1 Å². The summed E-state index contributed by atoms with van der Waals surface area (Å²) in [6, 6.07) is 2.91. The molecule has 18 heavy (non-hydrogen) atoms. The van der Waals surface area contributed by atoms with Crippen molar-refractivity contribution in [1.82, 2.24) is 0 Å². The summed E-state index contributed by atoms with van der Waals surface area (Å²) in [5, 5.41) is 0.887. The van der Waals surface area contributed by atoms with Gasteiger partial charge in [-0.05, 0) is 31.0 Å². The molecule has 2 unspecified atom stereocenters. The van der Waals surface area contributed by atoms with E-state index in [4.69, 9.17) is 34.5 Å². The van der Waals surface area contributed by atoms with Gasteiger partial charge in [0.2, 0.25) is 0 Å². The largest absolute Gasteiger partial charge is 0.466 e. The number of esters is 1. The standard InChI is InChI=1S/C13H11Cl2NO2/c1-3-18-13(17)9-6-8-7(12(9)16-2)4-5-10(14)11(8)15/h4-5,9,12H,3,6H2,1H3. The molecule has 0 heterocycles. The average Bonchev–Trinajstić information content (AvgIpc) is 2.73. The zero-order valence-electron chi connectivity index (χ0n) is 9.74. The Morgan fingerprint density at radius 1 is 1.56 bits per heavy atom. The predicted molar refractivity (Wildman–Crippen MR) is 69.6 cm³/mol. The van der Waals surface area contributed by atoms with E-state index in [1.807, 2.05) is 0 Å². The van der Waals surface area contributed by atoms with Gasteiger partial charge in [0, 0.05) is 5.56 Å².